The fourth-order valence-corrected chi connectivity index (χ4v) is 3.64. The van der Waals surface area contributed by atoms with Crippen LogP contribution in [0.2, 0.25) is 0 Å². The van der Waals surface area contributed by atoms with Crippen molar-refractivity contribution in [3.05, 3.63) is 24.3 Å². The van der Waals surface area contributed by atoms with E-state index in [4.69, 9.17) is 4.74 Å². The second-order valence-electron chi connectivity index (χ2n) is 7.70. The molecule has 150 valence electrons. The van der Waals surface area contributed by atoms with Gasteiger partial charge in [0.1, 0.15) is 0 Å². The van der Waals surface area contributed by atoms with Crippen molar-refractivity contribution in [2.75, 3.05) is 69.2 Å². The first-order valence-electron chi connectivity index (χ1n) is 10.4. The molecule has 0 unspecified atom stereocenters. The van der Waals surface area contributed by atoms with E-state index in [-0.39, 0.29) is 5.91 Å². The average Bonchev–Trinajstić information content (AvgIpc) is 2.70. The standard InChI is InChI=1S/C21H34N4O2/c1-18-7-11-25(12-8-18)20-4-2-19(3-5-20)22-9-6-21(26)23-10-13-24-14-16-27-17-15-24/h2-5,18,22H,6-17H2,1H3,(H,23,26). The third-order valence-corrected chi connectivity index (χ3v) is 5.55. The van der Waals surface area contributed by atoms with Crippen LogP contribution in [0.3, 0.4) is 0 Å². The lowest BCUT2D eigenvalue weighted by atomic mass is 9.99. The molecule has 0 saturated carbocycles. The Morgan fingerprint density at radius 1 is 1.07 bits per heavy atom. The number of carbonyl (C=O) groups is 1. The number of piperidine rings is 1. The predicted octanol–water partition coefficient (Wildman–Crippen LogP) is 2.17. The summed E-state index contributed by atoms with van der Waals surface area (Å²) in [5, 5.41) is 6.35. The molecule has 2 saturated heterocycles. The van der Waals surface area contributed by atoms with E-state index < -0.39 is 0 Å². The number of nitrogens with one attached hydrogen (secondary N) is 2. The number of amides is 1. The molecule has 0 bridgehead atoms. The Balaban J connectivity index is 1.29. The molecule has 1 aromatic carbocycles. The van der Waals surface area contributed by atoms with Crippen molar-refractivity contribution in [1.82, 2.24) is 10.2 Å². The maximum absolute atomic E-state index is 12.0. The molecule has 0 radical (unpaired) electrons. The fourth-order valence-electron chi connectivity index (χ4n) is 3.64. The molecular weight excluding hydrogens is 340 g/mol. The summed E-state index contributed by atoms with van der Waals surface area (Å²) >= 11 is 0. The lowest BCUT2D eigenvalue weighted by Gasteiger charge is -2.32. The maximum atomic E-state index is 12.0. The number of benzene rings is 1. The number of morpholine rings is 1. The molecule has 6 nitrogen and oxygen atoms in total. The second kappa shape index (κ2) is 10.5. The van der Waals surface area contributed by atoms with Crippen LogP contribution in [-0.2, 0) is 9.53 Å². The van der Waals surface area contributed by atoms with Crippen molar-refractivity contribution in [3.8, 4) is 0 Å². The van der Waals surface area contributed by atoms with E-state index >= 15 is 0 Å². The van der Waals surface area contributed by atoms with Crippen molar-refractivity contribution in [1.29, 1.82) is 0 Å². The lowest BCUT2D eigenvalue weighted by molar-refractivity contribution is -0.120. The van der Waals surface area contributed by atoms with Gasteiger partial charge in [0.25, 0.3) is 0 Å². The molecule has 2 aliphatic heterocycles. The second-order valence-corrected chi connectivity index (χ2v) is 7.70. The fraction of sp³-hybridized carbons (Fsp3) is 0.667. The quantitative estimate of drug-likeness (QED) is 0.730. The Morgan fingerprint density at radius 3 is 2.48 bits per heavy atom. The summed E-state index contributed by atoms with van der Waals surface area (Å²) in [7, 11) is 0. The normalized spacial score (nSPS) is 19.1. The van der Waals surface area contributed by atoms with Crippen LogP contribution in [0.4, 0.5) is 11.4 Å². The molecule has 2 aliphatic rings. The zero-order valence-corrected chi connectivity index (χ0v) is 16.6. The molecule has 6 heteroatoms. The molecule has 1 amide bonds. The average molecular weight is 375 g/mol. The Hall–Kier alpha value is -1.79. The highest BCUT2D eigenvalue weighted by Crippen LogP contribution is 2.24. The smallest absolute Gasteiger partial charge is 0.221 e. The number of carbonyl (C=O) groups excluding carboxylic acids is 1. The monoisotopic (exact) mass is 374 g/mol. The van der Waals surface area contributed by atoms with Crippen molar-refractivity contribution in [2.45, 2.75) is 26.2 Å². The minimum atomic E-state index is 0.106. The molecule has 0 atom stereocenters. The van der Waals surface area contributed by atoms with Crippen molar-refractivity contribution >= 4 is 17.3 Å². The van der Waals surface area contributed by atoms with Gasteiger partial charge in [0, 0.05) is 63.6 Å². The third kappa shape index (κ3) is 6.70. The van der Waals surface area contributed by atoms with Crippen LogP contribution in [0.15, 0.2) is 24.3 Å². The summed E-state index contributed by atoms with van der Waals surface area (Å²) < 4.78 is 5.33. The van der Waals surface area contributed by atoms with Crippen LogP contribution in [0.1, 0.15) is 26.2 Å². The van der Waals surface area contributed by atoms with Crippen LogP contribution in [-0.4, -0.2) is 69.8 Å². The molecular formula is C21H34N4O2. The lowest BCUT2D eigenvalue weighted by Crippen LogP contribution is -2.41. The van der Waals surface area contributed by atoms with Gasteiger partial charge in [0.05, 0.1) is 13.2 Å². The van der Waals surface area contributed by atoms with Crippen molar-refractivity contribution in [3.63, 3.8) is 0 Å². The first kappa shape index (κ1) is 20.0. The van der Waals surface area contributed by atoms with Crippen LogP contribution < -0.4 is 15.5 Å². The summed E-state index contributed by atoms with van der Waals surface area (Å²) in [4.78, 5) is 16.8. The van der Waals surface area contributed by atoms with Gasteiger partial charge in [-0.05, 0) is 43.0 Å². The van der Waals surface area contributed by atoms with Crippen LogP contribution in [0, 0.1) is 5.92 Å². The maximum Gasteiger partial charge on any atom is 0.221 e. The van der Waals surface area contributed by atoms with E-state index in [9.17, 15) is 4.79 Å². The number of hydrogen-bond donors (Lipinski definition) is 2. The summed E-state index contributed by atoms with van der Waals surface area (Å²) in [6.07, 6.45) is 3.05. The Kier molecular flexibility index (Phi) is 7.78. The molecule has 27 heavy (non-hydrogen) atoms. The molecule has 0 spiro atoms. The molecule has 2 fully saturated rings. The molecule has 3 rings (SSSR count). The minimum Gasteiger partial charge on any atom is -0.385 e. The number of rotatable bonds is 8. The third-order valence-electron chi connectivity index (χ3n) is 5.55. The van der Waals surface area contributed by atoms with Gasteiger partial charge in [0.15, 0.2) is 0 Å². The Labute approximate surface area is 163 Å². The highest BCUT2D eigenvalue weighted by Gasteiger charge is 2.15. The number of anilines is 2. The Morgan fingerprint density at radius 2 is 1.78 bits per heavy atom. The number of hydrogen-bond acceptors (Lipinski definition) is 5. The van der Waals surface area contributed by atoms with Gasteiger partial charge in [0.2, 0.25) is 5.91 Å². The van der Waals surface area contributed by atoms with Crippen LogP contribution in [0.25, 0.3) is 0 Å². The summed E-state index contributed by atoms with van der Waals surface area (Å²) in [6, 6.07) is 8.59. The van der Waals surface area contributed by atoms with E-state index in [0.29, 0.717) is 19.5 Å². The molecule has 0 aliphatic carbocycles. The zero-order valence-electron chi connectivity index (χ0n) is 16.6. The van der Waals surface area contributed by atoms with Crippen LogP contribution >= 0.6 is 0 Å². The highest BCUT2D eigenvalue weighted by atomic mass is 16.5. The van der Waals surface area contributed by atoms with Gasteiger partial charge in [-0.1, -0.05) is 6.92 Å². The van der Waals surface area contributed by atoms with Gasteiger partial charge in [-0.2, -0.15) is 0 Å². The Bertz CT molecular complexity index is 564. The van der Waals surface area contributed by atoms with E-state index in [1.807, 2.05) is 0 Å². The van der Waals surface area contributed by atoms with Gasteiger partial charge in [-0.15, -0.1) is 0 Å². The molecule has 2 heterocycles. The zero-order chi connectivity index (χ0) is 18.9. The summed E-state index contributed by atoms with van der Waals surface area (Å²) in [5.74, 6) is 0.956. The summed E-state index contributed by atoms with van der Waals surface area (Å²) in [6.45, 7) is 10.4. The molecule has 1 aromatic rings. The van der Waals surface area contributed by atoms with E-state index in [2.05, 4.69) is 51.6 Å². The predicted molar refractivity (Wildman–Crippen MR) is 110 cm³/mol. The largest absolute Gasteiger partial charge is 0.385 e. The number of nitrogens with zero attached hydrogens (tertiary/aromatic N) is 2. The van der Waals surface area contributed by atoms with Crippen molar-refractivity contribution in [2.24, 2.45) is 5.92 Å². The van der Waals surface area contributed by atoms with Crippen LogP contribution in [0.5, 0.6) is 0 Å². The number of ether oxygens (including phenoxy) is 1. The minimum absolute atomic E-state index is 0.106. The molecule has 2 N–H and O–H groups in total. The van der Waals surface area contributed by atoms with Gasteiger partial charge >= 0.3 is 0 Å². The van der Waals surface area contributed by atoms with E-state index in [1.165, 1.54) is 18.5 Å². The SMILES string of the molecule is CC1CCN(c2ccc(NCCC(=O)NCCN3CCOCC3)cc2)CC1. The van der Waals surface area contributed by atoms with E-state index in [1.54, 1.807) is 0 Å². The summed E-state index contributed by atoms with van der Waals surface area (Å²) in [5.41, 5.74) is 2.37. The van der Waals surface area contributed by atoms with E-state index in [0.717, 1.165) is 57.5 Å². The first-order chi connectivity index (χ1) is 13.2. The first-order valence-corrected chi connectivity index (χ1v) is 10.4. The topological polar surface area (TPSA) is 56.8 Å². The van der Waals surface area contributed by atoms with Crippen molar-refractivity contribution < 1.29 is 9.53 Å². The van der Waals surface area contributed by atoms with Gasteiger partial charge in [-0.25, -0.2) is 0 Å². The van der Waals surface area contributed by atoms with Gasteiger partial charge < -0.3 is 20.3 Å². The highest BCUT2D eigenvalue weighted by molar-refractivity contribution is 5.76. The van der Waals surface area contributed by atoms with Gasteiger partial charge in [-0.3, -0.25) is 9.69 Å². The molecule has 0 aromatic heterocycles.